The first-order chi connectivity index (χ1) is 12.4. The summed E-state index contributed by atoms with van der Waals surface area (Å²) < 4.78 is 6.53. The van der Waals surface area contributed by atoms with Crippen LogP contribution in [0.15, 0.2) is 41.3 Å². The van der Waals surface area contributed by atoms with Crippen LogP contribution >= 0.6 is 23.1 Å². The third-order valence-corrected chi connectivity index (χ3v) is 5.48. The van der Waals surface area contributed by atoms with Crippen LogP contribution in [0.5, 0.6) is 5.75 Å². The number of hydrogen-bond acceptors (Lipinski definition) is 6. The van der Waals surface area contributed by atoms with Gasteiger partial charge in [-0.1, -0.05) is 62.1 Å². The molecule has 0 bridgehead atoms. The van der Waals surface area contributed by atoms with Gasteiger partial charge in [0.15, 0.2) is 4.34 Å². The number of amides is 1. The fourth-order valence-electron chi connectivity index (χ4n) is 2.10. The van der Waals surface area contributed by atoms with E-state index in [1.165, 1.54) is 16.9 Å². The Morgan fingerprint density at radius 3 is 2.69 bits per heavy atom. The quantitative estimate of drug-likeness (QED) is 0.285. The molecule has 2 rings (SSSR count). The van der Waals surface area contributed by atoms with Crippen LogP contribution in [0.3, 0.4) is 0 Å². The van der Waals surface area contributed by atoms with Crippen molar-refractivity contribution >= 4 is 34.1 Å². The molecule has 0 saturated carbocycles. The maximum absolute atomic E-state index is 12.0. The van der Waals surface area contributed by atoms with E-state index in [9.17, 15) is 4.79 Å². The SMILES string of the molecule is C=CCSc1nnc(NC(=O)CCCOc2ccc(C(C)(C)C)cc2)s1. The van der Waals surface area contributed by atoms with E-state index in [1.54, 1.807) is 17.8 Å². The van der Waals surface area contributed by atoms with Crippen molar-refractivity contribution in [2.75, 3.05) is 17.7 Å². The molecule has 5 nitrogen and oxygen atoms in total. The molecule has 1 N–H and O–H groups in total. The van der Waals surface area contributed by atoms with E-state index in [4.69, 9.17) is 4.74 Å². The van der Waals surface area contributed by atoms with Crippen molar-refractivity contribution in [2.45, 2.75) is 43.4 Å². The van der Waals surface area contributed by atoms with Gasteiger partial charge in [0.25, 0.3) is 0 Å². The predicted molar refractivity (Wildman–Crippen MR) is 109 cm³/mol. The van der Waals surface area contributed by atoms with Gasteiger partial charge in [0.1, 0.15) is 5.75 Å². The summed E-state index contributed by atoms with van der Waals surface area (Å²) in [5.74, 6) is 1.52. The molecule has 0 spiro atoms. The molecule has 2 aromatic rings. The number of carbonyl (C=O) groups excluding carboxylic acids is 1. The summed E-state index contributed by atoms with van der Waals surface area (Å²) in [6, 6.07) is 8.12. The number of nitrogens with zero attached hydrogens (tertiary/aromatic N) is 2. The second-order valence-corrected chi connectivity index (χ2v) is 8.99. The molecule has 0 aliphatic carbocycles. The summed E-state index contributed by atoms with van der Waals surface area (Å²) in [6.07, 6.45) is 2.83. The second-order valence-electron chi connectivity index (χ2n) is 6.75. The number of thioether (sulfide) groups is 1. The van der Waals surface area contributed by atoms with Crippen LogP contribution in [0.4, 0.5) is 5.13 Å². The van der Waals surface area contributed by atoms with E-state index in [-0.39, 0.29) is 11.3 Å². The normalized spacial score (nSPS) is 11.2. The van der Waals surface area contributed by atoms with Crippen LogP contribution < -0.4 is 10.1 Å². The first-order valence-corrected chi connectivity index (χ1v) is 10.3. The van der Waals surface area contributed by atoms with Crippen LogP contribution in [0.1, 0.15) is 39.2 Å². The highest BCUT2D eigenvalue weighted by Gasteiger charge is 2.13. The minimum Gasteiger partial charge on any atom is -0.494 e. The summed E-state index contributed by atoms with van der Waals surface area (Å²) in [5.41, 5.74) is 1.40. The average Bonchev–Trinajstić information content (AvgIpc) is 3.04. The summed E-state index contributed by atoms with van der Waals surface area (Å²) in [5, 5.41) is 11.3. The van der Waals surface area contributed by atoms with E-state index >= 15 is 0 Å². The molecule has 0 aliphatic rings. The molecule has 140 valence electrons. The number of rotatable bonds is 9. The van der Waals surface area contributed by atoms with Crippen LogP contribution in [0, 0.1) is 0 Å². The van der Waals surface area contributed by atoms with Gasteiger partial charge in [-0.05, 0) is 29.5 Å². The Bertz CT molecular complexity index is 721. The number of carbonyl (C=O) groups is 1. The van der Waals surface area contributed by atoms with E-state index < -0.39 is 0 Å². The van der Waals surface area contributed by atoms with E-state index in [2.05, 4.69) is 55.0 Å². The van der Waals surface area contributed by atoms with E-state index in [0.29, 0.717) is 24.6 Å². The lowest BCUT2D eigenvalue weighted by Gasteiger charge is -2.19. The summed E-state index contributed by atoms with van der Waals surface area (Å²) >= 11 is 2.92. The molecule has 1 aromatic carbocycles. The molecule has 1 amide bonds. The Labute approximate surface area is 163 Å². The van der Waals surface area contributed by atoms with Crippen LogP contribution in [-0.4, -0.2) is 28.5 Å². The maximum atomic E-state index is 12.0. The molecular formula is C19H25N3O2S2. The Balaban J connectivity index is 1.68. The van der Waals surface area contributed by atoms with Crippen molar-refractivity contribution in [3.63, 3.8) is 0 Å². The van der Waals surface area contributed by atoms with Gasteiger partial charge in [0.05, 0.1) is 6.61 Å². The zero-order valence-corrected chi connectivity index (χ0v) is 17.1. The van der Waals surface area contributed by atoms with Crippen molar-refractivity contribution in [2.24, 2.45) is 0 Å². The van der Waals surface area contributed by atoms with Crippen molar-refractivity contribution in [3.05, 3.63) is 42.5 Å². The molecule has 0 saturated heterocycles. The highest BCUT2D eigenvalue weighted by molar-refractivity contribution is 8.01. The fraction of sp³-hybridized carbons (Fsp3) is 0.421. The van der Waals surface area contributed by atoms with Gasteiger partial charge in [0.2, 0.25) is 11.0 Å². The lowest BCUT2D eigenvalue weighted by atomic mass is 9.87. The Hall–Kier alpha value is -1.86. The minimum absolute atomic E-state index is 0.0758. The number of anilines is 1. The number of nitrogens with one attached hydrogen (secondary N) is 1. The number of ether oxygens (including phenoxy) is 1. The largest absolute Gasteiger partial charge is 0.494 e. The molecule has 0 fully saturated rings. The van der Waals surface area contributed by atoms with Crippen LogP contribution in [-0.2, 0) is 10.2 Å². The lowest BCUT2D eigenvalue weighted by Crippen LogP contribution is -2.13. The molecular weight excluding hydrogens is 366 g/mol. The van der Waals surface area contributed by atoms with Gasteiger partial charge >= 0.3 is 0 Å². The van der Waals surface area contributed by atoms with Crippen LogP contribution in [0.2, 0.25) is 0 Å². The standard InChI is InChI=1S/C19H25N3O2S2/c1-5-13-25-18-22-21-17(26-18)20-16(23)7-6-12-24-15-10-8-14(9-11-15)19(2,3)4/h5,8-11H,1,6-7,12-13H2,2-4H3,(H,20,21,23). The first kappa shape index (κ1) is 20.5. The van der Waals surface area contributed by atoms with E-state index in [0.717, 1.165) is 15.8 Å². The van der Waals surface area contributed by atoms with Crippen LogP contribution in [0.25, 0.3) is 0 Å². The Morgan fingerprint density at radius 2 is 2.04 bits per heavy atom. The highest BCUT2D eigenvalue weighted by Crippen LogP contribution is 2.26. The zero-order chi connectivity index (χ0) is 19.0. The summed E-state index contributed by atoms with van der Waals surface area (Å²) in [7, 11) is 0. The molecule has 1 heterocycles. The molecule has 7 heteroatoms. The first-order valence-electron chi connectivity index (χ1n) is 8.49. The van der Waals surface area contributed by atoms with Gasteiger partial charge in [-0.2, -0.15) is 0 Å². The van der Waals surface area contributed by atoms with Gasteiger partial charge in [0, 0.05) is 12.2 Å². The predicted octanol–water partition coefficient (Wildman–Crippen LogP) is 4.91. The maximum Gasteiger partial charge on any atom is 0.226 e. The zero-order valence-electron chi connectivity index (χ0n) is 15.4. The smallest absolute Gasteiger partial charge is 0.226 e. The molecule has 1 aromatic heterocycles. The van der Waals surface area contributed by atoms with Gasteiger partial charge in [-0.3, -0.25) is 4.79 Å². The number of hydrogen-bond donors (Lipinski definition) is 1. The van der Waals surface area contributed by atoms with Gasteiger partial charge in [-0.25, -0.2) is 0 Å². The minimum atomic E-state index is -0.0758. The Morgan fingerprint density at radius 1 is 1.31 bits per heavy atom. The third-order valence-electron chi connectivity index (χ3n) is 3.51. The molecule has 26 heavy (non-hydrogen) atoms. The second kappa shape index (κ2) is 9.73. The number of benzene rings is 1. The third kappa shape index (κ3) is 6.80. The Kier molecular flexibility index (Phi) is 7.66. The lowest BCUT2D eigenvalue weighted by molar-refractivity contribution is -0.116. The van der Waals surface area contributed by atoms with Crippen molar-refractivity contribution < 1.29 is 9.53 Å². The van der Waals surface area contributed by atoms with Gasteiger partial charge < -0.3 is 10.1 Å². The summed E-state index contributed by atoms with van der Waals surface area (Å²) in [6.45, 7) is 10.7. The molecule has 0 unspecified atom stereocenters. The monoisotopic (exact) mass is 391 g/mol. The topological polar surface area (TPSA) is 64.1 Å². The summed E-state index contributed by atoms with van der Waals surface area (Å²) in [4.78, 5) is 12.0. The number of aromatic nitrogens is 2. The van der Waals surface area contributed by atoms with E-state index in [1.807, 2.05) is 12.1 Å². The fourth-order valence-corrected chi connectivity index (χ4v) is 3.63. The average molecular weight is 392 g/mol. The van der Waals surface area contributed by atoms with Gasteiger partial charge in [-0.15, -0.1) is 16.8 Å². The van der Waals surface area contributed by atoms with Crippen molar-refractivity contribution in [1.29, 1.82) is 0 Å². The van der Waals surface area contributed by atoms with Crippen molar-refractivity contribution in [1.82, 2.24) is 10.2 Å². The highest BCUT2D eigenvalue weighted by atomic mass is 32.2. The molecule has 0 atom stereocenters. The molecule has 0 radical (unpaired) electrons. The van der Waals surface area contributed by atoms with Crippen molar-refractivity contribution in [3.8, 4) is 5.75 Å². The molecule has 0 aliphatic heterocycles.